The van der Waals surface area contributed by atoms with Gasteiger partial charge in [0.25, 0.3) is 0 Å². The minimum Gasteiger partial charge on any atom is -0.382 e. The smallest absolute Gasteiger partial charge is 0.150 e. The van der Waals surface area contributed by atoms with E-state index in [1.807, 2.05) is 12.1 Å². The van der Waals surface area contributed by atoms with Gasteiger partial charge in [0.05, 0.1) is 5.52 Å². The largest absolute Gasteiger partial charge is 0.382 e. The van der Waals surface area contributed by atoms with E-state index in [1.54, 1.807) is 6.20 Å². The van der Waals surface area contributed by atoms with Gasteiger partial charge in [-0.1, -0.05) is 13.3 Å². The van der Waals surface area contributed by atoms with Crippen molar-refractivity contribution in [3.8, 4) is 0 Å². The number of nitrogens with zero attached hydrogens (tertiary/aromatic N) is 3. The summed E-state index contributed by atoms with van der Waals surface area (Å²) in [6.45, 7) is 2.16. The average molecular weight is 241 g/mol. The summed E-state index contributed by atoms with van der Waals surface area (Å²) in [6, 6.07) is 3.75. The summed E-state index contributed by atoms with van der Waals surface area (Å²) in [5.74, 6) is 1.44. The number of aryl methyl sites for hydroxylation is 1. The molecule has 0 saturated carbocycles. The monoisotopic (exact) mass is 241 g/mol. The number of hydrogen-bond acceptors (Lipinski definition) is 4. The number of hydrogen-bond donors (Lipinski definition) is 2. The predicted octanol–water partition coefficient (Wildman–Crippen LogP) is 2.43. The molecule has 0 bridgehead atoms. The summed E-state index contributed by atoms with van der Waals surface area (Å²) < 4.78 is 0. The first kappa shape index (κ1) is 11.0. The highest BCUT2D eigenvalue weighted by Crippen LogP contribution is 2.24. The molecule has 0 aromatic carbocycles. The van der Waals surface area contributed by atoms with E-state index in [1.165, 1.54) is 0 Å². The Kier molecular flexibility index (Phi) is 2.59. The summed E-state index contributed by atoms with van der Waals surface area (Å²) >= 11 is 0. The molecular weight excluding hydrogens is 226 g/mol. The minimum atomic E-state index is 0.487. The van der Waals surface area contributed by atoms with Crippen molar-refractivity contribution in [3.05, 3.63) is 24.2 Å². The fraction of sp³-hybridized carbons (Fsp3) is 0.308. The number of imidazole rings is 1. The lowest BCUT2D eigenvalue weighted by atomic mass is 10.2. The number of rotatable bonds is 3. The second kappa shape index (κ2) is 4.25. The van der Waals surface area contributed by atoms with Gasteiger partial charge in [-0.2, -0.15) is 0 Å². The van der Waals surface area contributed by atoms with Crippen LogP contribution in [0.1, 0.15) is 25.6 Å². The summed E-state index contributed by atoms with van der Waals surface area (Å²) in [6.07, 6.45) is 4.93. The van der Waals surface area contributed by atoms with Crippen molar-refractivity contribution in [3.63, 3.8) is 0 Å². The van der Waals surface area contributed by atoms with Gasteiger partial charge in [-0.15, -0.1) is 0 Å². The standard InChI is InChI=1S/C13H15N5/c1-2-3-6-9-17-11-10-8(5-4-7-15-10)16-13(14)12(11)18-9/h4-5,7H,2-3,6H2,1H3,(H2,14,16)(H,17,18). The van der Waals surface area contributed by atoms with Crippen molar-refractivity contribution in [2.75, 3.05) is 5.73 Å². The van der Waals surface area contributed by atoms with Crippen LogP contribution in [0, 0.1) is 0 Å². The third kappa shape index (κ3) is 1.68. The molecule has 3 N–H and O–H groups in total. The van der Waals surface area contributed by atoms with Crippen molar-refractivity contribution in [1.82, 2.24) is 19.9 Å². The fourth-order valence-electron chi connectivity index (χ4n) is 2.10. The van der Waals surface area contributed by atoms with Crippen molar-refractivity contribution >= 4 is 27.9 Å². The second-order valence-electron chi connectivity index (χ2n) is 4.38. The van der Waals surface area contributed by atoms with Crippen molar-refractivity contribution in [2.24, 2.45) is 0 Å². The molecule has 0 aliphatic heterocycles. The van der Waals surface area contributed by atoms with E-state index < -0.39 is 0 Å². The number of fused-ring (bicyclic) bond motifs is 3. The van der Waals surface area contributed by atoms with Gasteiger partial charge in [-0.3, -0.25) is 4.98 Å². The van der Waals surface area contributed by atoms with Crippen LogP contribution < -0.4 is 5.73 Å². The van der Waals surface area contributed by atoms with Gasteiger partial charge in [0.15, 0.2) is 0 Å². The first-order chi connectivity index (χ1) is 8.79. The van der Waals surface area contributed by atoms with E-state index in [2.05, 4.69) is 26.9 Å². The lowest BCUT2D eigenvalue weighted by molar-refractivity contribution is 0.765. The molecule has 0 fully saturated rings. The van der Waals surface area contributed by atoms with Crippen LogP contribution in [0.3, 0.4) is 0 Å². The van der Waals surface area contributed by atoms with E-state index in [9.17, 15) is 0 Å². The van der Waals surface area contributed by atoms with E-state index >= 15 is 0 Å². The first-order valence-corrected chi connectivity index (χ1v) is 6.18. The molecule has 0 amide bonds. The number of anilines is 1. The van der Waals surface area contributed by atoms with E-state index in [0.717, 1.165) is 47.2 Å². The molecule has 0 unspecified atom stereocenters. The highest BCUT2D eigenvalue weighted by Gasteiger charge is 2.11. The maximum Gasteiger partial charge on any atom is 0.150 e. The SMILES string of the molecule is CCCCc1nc2c([nH]1)c(N)nc1cccnc12. The third-order valence-electron chi connectivity index (χ3n) is 3.03. The van der Waals surface area contributed by atoms with Crippen molar-refractivity contribution in [2.45, 2.75) is 26.2 Å². The molecular formula is C13H15N5. The predicted molar refractivity (Wildman–Crippen MR) is 72.2 cm³/mol. The molecule has 3 aromatic rings. The van der Waals surface area contributed by atoms with Gasteiger partial charge in [-0.25, -0.2) is 9.97 Å². The van der Waals surface area contributed by atoms with E-state index in [4.69, 9.17) is 5.73 Å². The van der Waals surface area contributed by atoms with Gasteiger partial charge < -0.3 is 10.7 Å². The molecule has 92 valence electrons. The Labute approximate surface area is 104 Å². The van der Waals surface area contributed by atoms with Gasteiger partial charge in [-0.05, 0) is 18.6 Å². The quantitative estimate of drug-likeness (QED) is 0.738. The maximum absolute atomic E-state index is 5.95. The maximum atomic E-state index is 5.95. The molecule has 5 heteroatoms. The number of aromatic amines is 1. The van der Waals surface area contributed by atoms with Gasteiger partial charge in [0.2, 0.25) is 0 Å². The third-order valence-corrected chi connectivity index (χ3v) is 3.03. The number of H-pyrrole nitrogens is 1. The minimum absolute atomic E-state index is 0.487. The molecule has 18 heavy (non-hydrogen) atoms. The normalized spacial score (nSPS) is 11.4. The van der Waals surface area contributed by atoms with Crippen LogP contribution in [-0.4, -0.2) is 19.9 Å². The molecule has 0 spiro atoms. The Balaban J connectivity index is 2.24. The highest BCUT2D eigenvalue weighted by molar-refractivity contribution is 6.03. The lowest BCUT2D eigenvalue weighted by Crippen LogP contribution is -1.93. The van der Waals surface area contributed by atoms with Crippen LogP contribution in [0.5, 0.6) is 0 Å². The zero-order valence-electron chi connectivity index (χ0n) is 10.3. The van der Waals surface area contributed by atoms with Crippen molar-refractivity contribution < 1.29 is 0 Å². The molecule has 3 rings (SSSR count). The van der Waals surface area contributed by atoms with Crippen LogP contribution >= 0.6 is 0 Å². The Morgan fingerprint density at radius 2 is 2.17 bits per heavy atom. The molecule has 0 aliphatic rings. The van der Waals surface area contributed by atoms with Crippen LogP contribution in [0.2, 0.25) is 0 Å². The molecule has 0 aliphatic carbocycles. The van der Waals surface area contributed by atoms with Crippen LogP contribution in [0.15, 0.2) is 18.3 Å². The summed E-state index contributed by atoms with van der Waals surface area (Å²) in [4.78, 5) is 16.5. The Morgan fingerprint density at radius 3 is 3.00 bits per heavy atom. The van der Waals surface area contributed by atoms with Crippen LogP contribution in [0.4, 0.5) is 5.82 Å². The van der Waals surface area contributed by atoms with Crippen molar-refractivity contribution in [1.29, 1.82) is 0 Å². The average Bonchev–Trinajstić information content (AvgIpc) is 2.81. The fourth-order valence-corrected chi connectivity index (χ4v) is 2.10. The molecule has 0 radical (unpaired) electrons. The number of aromatic nitrogens is 4. The molecule has 0 saturated heterocycles. The Morgan fingerprint density at radius 1 is 1.28 bits per heavy atom. The number of pyridine rings is 2. The van der Waals surface area contributed by atoms with Gasteiger partial charge in [0.1, 0.15) is 28.2 Å². The summed E-state index contributed by atoms with van der Waals surface area (Å²) in [5, 5.41) is 0. The van der Waals surface area contributed by atoms with Crippen LogP contribution in [-0.2, 0) is 6.42 Å². The van der Waals surface area contributed by atoms with Crippen LogP contribution in [0.25, 0.3) is 22.1 Å². The van der Waals surface area contributed by atoms with Gasteiger partial charge in [0, 0.05) is 12.6 Å². The zero-order valence-corrected chi connectivity index (χ0v) is 10.3. The second-order valence-corrected chi connectivity index (χ2v) is 4.38. The lowest BCUT2D eigenvalue weighted by Gasteiger charge is -1.99. The Bertz CT molecular complexity index is 701. The van der Waals surface area contributed by atoms with E-state index in [-0.39, 0.29) is 0 Å². The highest BCUT2D eigenvalue weighted by atomic mass is 15.0. The Hall–Kier alpha value is -2.17. The number of unbranched alkanes of at least 4 members (excludes halogenated alkanes) is 1. The van der Waals surface area contributed by atoms with E-state index in [0.29, 0.717) is 5.82 Å². The molecule has 5 nitrogen and oxygen atoms in total. The number of nitrogens with two attached hydrogens (primary N) is 1. The summed E-state index contributed by atoms with van der Waals surface area (Å²) in [7, 11) is 0. The number of nitrogen functional groups attached to an aromatic ring is 1. The summed E-state index contributed by atoms with van der Waals surface area (Å²) in [5.41, 5.74) is 9.17. The molecule has 3 aromatic heterocycles. The zero-order chi connectivity index (χ0) is 12.5. The number of nitrogens with one attached hydrogen (secondary N) is 1. The first-order valence-electron chi connectivity index (χ1n) is 6.18. The molecule has 0 atom stereocenters. The topological polar surface area (TPSA) is 80.5 Å². The van der Waals surface area contributed by atoms with Gasteiger partial charge >= 0.3 is 0 Å². The molecule has 3 heterocycles.